The molecule has 9 heteroatoms. The lowest BCUT2D eigenvalue weighted by molar-refractivity contribution is -0.116. The van der Waals surface area contributed by atoms with E-state index in [4.69, 9.17) is 4.74 Å². The minimum Gasteiger partial charge on any atom is -0.611 e. The molecule has 35 heavy (non-hydrogen) atoms. The molecule has 7 nitrogen and oxygen atoms in total. The summed E-state index contributed by atoms with van der Waals surface area (Å²) < 4.78 is 47.4. The molecule has 2 heterocycles. The van der Waals surface area contributed by atoms with Gasteiger partial charge in [0, 0.05) is 32.4 Å². The number of benzene rings is 2. The number of hydrogen-bond donors (Lipinski definition) is 0. The van der Waals surface area contributed by atoms with Crippen molar-refractivity contribution < 1.29 is 22.5 Å². The van der Waals surface area contributed by atoms with Gasteiger partial charge in [0.25, 0.3) is 15.9 Å². The van der Waals surface area contributed by atoms with E-state index in [1.54, 1.807) is 11.0 Å². The van der Waals surface area contributed by atoms with E-state index >= 15 is 0 Å². The number of nitrogens with zero attached hydrogens (tertiary/aromatic N) is 2. The summed E-state index contributed by atoms with van der Waals surface area (Å²) in [5.41, 5.74) is 2.29. The molecule has 0 bridgehead atoms. The van der Waals surface area contributed by atoms with Gasteiger partial charge in [-0.15, -0.1) is 0 Å². The molecule has 4 rings (SSSR count). The number of rotatable bonds is 8. The highest BCUT2D eigenvalue weighted by Gasteiger charge is 2.37. The van der Waals surface area contributed by atoms with Crippen molar-refractivity contribution in [1.82, 2.24) is 0 Å². The molecule has 1 atom stereocenters. The lowest BCUT2D eigenvalue weighted by atomic mass is 9.99. The van der Waals surface area contributed by atoms with Crippen LogP contribution in [0.2, 0.25) is 0 Å². The predicted octanol–water partition coefficient (Wildman–Crippen LogP) is 3.98. The van der Waals surface area contributed by atoms with Crippen LogP contribution in [-0.2, 0) is 37.2 Å². The van der Waals surface area contributed by atoms with Crippen LogP contribution in [0.4, 0.5) is 11.4 Å². The molecule has 2 aliphatic rings. The van der Waals surface area contributed by atoms with Gasteiger partial charge in [-0.25, -0.2) is 8.42 Å². The van der Waals surface area contributed by atoms with E-state index in [9.17, 15) is 17.8 Å². The largest absolute Gasteiger partial charge is 0.611 e. The maximum Gasteiger partial charge on any atom is 0.277 e. The lowest BCUT2D eigenvalue weighted by Gasteiger charge is -2.34. The predicted molar refractivity (Wildman–Crippen MR) is 139 cm³/mol. The Balaban J connectivity index is 1.69. The Morgan fingerprint density at radius 2 is 1.83 bits per heavy atom. The number of carbonyl (C=O) groups is 1. The molecule has 1 fully saturated rings. The van der Waals surface area contributed by atoms with Gasteiger partial charge in [0.05, 0.1) is 16.3 Å². The van der Waals surface area contributed by atoms with Crippen LogP contribution in [0.25, 0.3) is 0 Å². The SMILES string of the molecule is CCc1ccc(N(CC(C)C)S(=O)(=O)c2ccc3c(c2)[S+]([O-])CC(=O)N3CC2CCOCC2)cc1. The number of anilines is 2. The van der Waals surface area contributed by atoms with E-state index in [1.807, 2.05) is 38.1 Å². The van der Waals surface area contributed by atoms with Gasteiger partial charge in [-0.2, -0.15) is 0 Å². The number of carbonyl (C=O) groups excluding carboxylic acids is 1. The fourth-order valence-electron chi connectivity index (χ4n) is 4.55. The Labute approximate surface area is 211 Å². The van der Waals surface area contributed by atoms with Crippen LogP contribution in [0.5, 0.6) is 0 Å². The van der Waals surface area contributed by atoms with Gasteiger partial charge in [0.2, 0.25) is 0 Å². The number of hydrogen-bond acceptors (Lipinski definition) is 5. The van der Waals surface area contributed by atoms with Crippen molar-refractivity contribution in [3.63, 3.8) is 0 Å². The first kappa shape index (κ1) is 26.0. The normalized spacial score (nSPS) is 19.2. The van der Waals surface area contributed by atoms with Crippen molar-refractivity contribution in [1.29, 1.82) is 0 Å². The van der Waals surface area contributed by atoms with Gasteiger partial charge >= 0.3 is 0 Å². The molecular weight excluding hydrogens is 484 g/mol. The van der Waals surface area contributed by atoms with Crippen LogP contribution in [0, 0.1) is 11.8 Å². The minimum absolute atomic E-state index is 0.0881. The van der Waals surface area contributed by atoms with Crippen LogP contribution in [0.15, 0.2) is 52.3 Å². The molecule has 190 valence electrons. The molecule has 2 aliphatic heterocycles. The van der Waals surface area contributed by atoms with Crippen molar-refractivity contribution in [3.8, 4) is 0 Å². The van der Waals surface area contributed by atoms with E-state index in [1.165, 1.54) is 16.4 Å². The number of sulfonamides is 1. The van der Waals surface area contributed by atoms with Crippen LogP contribution in [-0.4, -0.2) is 50.9 Å². The molecule has 0 radical (unpaired) electrons. The second-order valence-electron chi connectivity index (χ2n) is 9.63. The van der Waals surface area contributed by atoms with E-state index in [0.29, 0.717) is 48.5 Å². The van der Waals surface area contributed by atoms with Crippen LogP contribution >= 0.6 is 0 Å². The van der Waals surface area contributed by atoms with Crippen molar-refractivity contribution in [3.05, 3.63) is 48.0 Å². The Hall–Kier alpha value is -2.07. The van der Waals surface area contributed by atoms with E-state index in [-0.39, 0.29) is 22.5 Å². The second kappa shape index (κ2) is 10.9. The Bertz CT molecular complexity index is 1140. The number of aryl methyl sites for hydroxylation is 1. The molecule has 0 aromatic heterocycles. The molecule has 1 amide bonds. The average molecular weight is 519 g/mol. The van der Waals surface area contributed by atoms with E-state index in [2.05, 4.69) is 6.92 Å². The quantitative estimate of drug-likeness (QED) is 0.493. The zero-order chi connectivity index (χ0) is 25.2. The highest BCUT2D eigenvalue weighted by molar-refractivity contribution is 7.93. The fourth-order valence-corrected chi connectivity index (χ4v) is 7.48. The van der Waals surface area contributed by atoms with Gasteiger partial charge in [-0.1, -0.05) is 32.9 Å². The Morgan fingerprint density at radius 1 is 1.14 bits per heavy atom. The first-order valence-electron chi connectivity index (χ1n) is 12.2. The third-order valence-electron chi connectivity index (χ3n) is 6.56. The van der Waals surface area contributed by atoms with Gasteiger partial charge in [-0.3, -0.25) is 9.10 Å². The summed E-state index contributed by atoms with van der Waals surface area (Å²) in [7, 11) is -3.90. The minimum atomic E-state index is -3.90. The summed E-state index contributed by atoms with van der Waals surface area (Å²) in [5.74, 6) is 0.0990. The summed E-state index contributed by atoms with van der Waals surface area (Å²) in [5, 5.41) is 0. The number of fused-ring (bicyclic) bond motifs is 1. The summed E-state index contributed by atoms with van der Waals surface area (Å²) >= 11 is -1.59. The molecule has 0 saturated carbocycles. The van der Waals surface area contributed by atoms with Crippen molar-refractivity contribution in [2.75, 3.05) is 41.3 Å². The van der Waals surface area contributed by atoms with Crippen LogP contribution in [0.3, 0.4) is 0 Å². The first-order chi connectivity index (χ1) is 16.7. The van der Waals surface area contributed by atoms with Crippen molar-refractivity contribution >= 4 is 38.5 Å². The molecule has 2 aromatic carbocycles. The maximum absolute atomic E-state index is 13.8. The van der Waals surface area contributed by atoms with E-state index in [0.717, 1.165) is 24.8 Å². The van der Waals surface area contributed by atoms with Crippen LogP contribution in [0.1, 0.15) is 39.2 Å². The molecule has 2 aromatic rings. The van der Waals surface area contributed by atoms with Crippen LogP contribution < -0.4 is 9.21 Å². The lowest BCUT2D eigenvalue weighted by Crippen LogP contribution is -2.44. The third-order valence-corrected chi connectivity index (χ3v) is 9.67. The summed E-state index contributed by atoms with van der Waals surface area (Å²) in [6, 6.07) is 12.2. The highest BCUT2D eigenvalue weighted by atomic mass is 32.2. The molecule has 0 spiro atoms. The monoisotopic (exact) mass is 518 g/mol. The third kappa shape index (κ3) is 5.69. The zero-order valence-electron chi connectivity index (χ0n) is 20.6. The molecule has 0 N–H and O–H groups in total. The van der Waals surface area contributed by atoms with Gasteiger partial charge in [0.1, 0.15) is 0 Å². The van der Waals surface area contributed by atoms with Crippen molar-refractivity contribution in [2.45, 2.75) is 49.8 Å². The van der Waals surface area contributed by atoms with Gasteiger partial charge < -0.3 is 14.2 Å². The summed E-state index contributed by atoms with van der Waals surface area (Å²) in [6.07, 6.45) is 2.61. The topological polar surface area (TPSA) is 90.0 Å². The zero-order valence-corrected chi connectivity index (χ0v) is 22.2. The average Bonchev–Trinajstić information content (AvgIpc) is 2.85. The number of ether oxygens (including phenoxy) is 1. The second-order valence-corrected chi connectivity index (χ2v) is 12.9. The molecular formula is C26H34N2O5S2. The van der Waals surface area contributed by atoms with Crippen molar-refractivity contribution in [2.24, 2.45) is 11.8 Å². The Kier molecular flexibility index (Phi) is 8.10. The molecule has 0 aliphatic carbocycles. The molecule has 1 saturated heterocycles. The maximum atomic E-state index is 13.8. The standard InChI is InChI=1S/C26H34N2O5S2/c1-4-20-5-7-22(8-6-20)28(16-19(2)3)35(31,32)23-9-10-24-25(15-23)34(30)18-26(29)27(24)17-21-11-13-33-14-12-21/h5-10,15,19,21H,4,11-14,16-18H2,1-3H3. The smallest absolute Gasteiger partial charge is 0.277 e. The first-order valence-corrected chi connectivity index (χ1v) is 15.0. The fraction of sp³-hybridized carbons (Fsp3) is 0.500. The summed E-state index contributed by atoms with van der Waals surface area (Å²) in [6.45, 7) is 8.21. The summed E-state index contributed by atoms with van der Waals surface area (Å²) in [4.78, 5) is 14.9. The van der Waals surface area contributed by atoms with E-state index < -0.39 is 21.2 Å². The van der Waals surface area contributed by atoms with Gasteiger partial charge in [0.15, 0.2) is 10.6 Å². The highest BCUT2D eigenvalue weighted by Crippen LogP contribution is 2.36. The number of amides is 1. The van der Waals surface area contributed by atoms with Gasteiger partial charge in [-0.05, 0) is 72.1 Å². The Morgan fingerprint density at radius 3 is 2.46 bits per heavy atom. The molecule has 1 unspecified atom stereocenters.